The molecule has 4 nitrogen and oxygen atoms in total. The summed E-state index contributed by atoms with van der Waals surface area (Å²) in [6.45, 7) is 3.62. The van der Waals surface area contributed by atoms with E-state index >= 15 is 0 Å². The highest BCUT2D eigenvalue weighted by atomic mass is 16.7. The molecule has 1 aliphatic heterocycles. The molecule has 5 rings (SSSR count). The van der Waals surface area contributed by atoms with Crippen LogP contribution < -0.4 is 14.2 Å². The Bertz CT molecular complexity index is 1270. The van der Waals surface area contributed by atoms with Crippen LogP contribution in [0, 0.1) is 0 Å². The average Bonchev–Trinajstić information content (AvgIpc) is 3.10. The van der Waals surface area contributed by atoms with Crippen molar-refractivity contribution in [2.24, 2.45) is 0 Å². The molecule has 31 heavy (non-hydrogen) atoms. The number of Topliss-reactive ketones (excluding diaryl/α,β-unsaturated/α-hetero) is 1. The van der Waals surface area contributed by atoms with Gasteiger partial charge in [0.15, 0.2) is 23.9 Å². The van der Waals surface area contributed by atoms with E-state index in [9.17, 15) is 4.79 Å². The van der Waals surface area contributed by atoms with Crippen LogP contribution >= 0.6 is 0 Å². The van der Waals surface area contributed by atoms with E-state index in [0.29, 0.717) is 22.8 Å². The maximum atomic E-state index is 12.6. The van der Waals surface area contributed by atoms with Crippen molar-refractivity contribution in [3.63, 3.8) is 0 Å². The van der Waals surface area contributed by atoms with Crippen molar-refractivity contribution in [2.45, 2.75) is 19.6 Å². The smallest absolute Gasteiger partial charge is 0.246 e. The number of benzene rings is 4. The van der Waals surface area contributed by atoms with Crippen molar-refractivity contribution < 1.29 is 19.0 Å². The van der Waals surface area contributed by atoms with Gasteiger partial charge >= 0.3 is 0 Å². The van der Waals surface area contributed by atoms with Gasteiger partial charge < -0.3 is 14.2 Å². The number of hydrogen-bond donors (Lipinski definition) is 0. The van der Waals surface area contributed by atoms with E-state index in [0.717, 1.165) is 5.56 Å². The Labute approximate surface area is 181 Å². The topological polar surface area (TPSA) is 44.8 Å². The quantitative estimate of drug-likeness (QED) is 0.364. The lowest BCUT2D eigenvalue weighted by Crippen LogP contribution is -2.29. The highest BCUT2D eigenvalue weighted by Crippen LogP contribution is 2.39. The number of carbonyl (C=O) groups is 1. The van der Waals surface area contributed by atoms with Gasteiger partial charge in [-0.15, -0.1) is 0 Å². The van der Waals surface area contributed by atoms with Crippen LogP contribution in [0.5, 0.6) is 17.2 Å². The molecule has 0 atom stereocenters. The first kappa shape index (κ1) is 19.2. The molecule has 1 heterocycles. The van der Waals surface area contributed by atoms with Crippen molar-refractivity contribution in [2.75, 3.05) is 6.61 Å². The Balaban J connectivity index is 1.28. The molecule has 0 saturated carbocycles. The van der Waals surface area contributed by atoms with E-state index in [1.165, 1.54) is 16.3 Å². The number of ether oxygens (including phenoxy) is 3. The van der Waals surface area contributed by atoms with Crippen LogP contribution in [-0.2, 0) is 0 Å². The Morgan fingerprint density at radius 2 is 1.58 bits per heavy atom. The van der Waals surface area contributed by atoms with Crippen molar-refractivity contribution in [3.8, 4) is 28.4 Å². The third-order valence-corrected chi connectivity index (χ3v) is 5.30. The van der Waals surface area contributed by atoms with E-state index in [1.54, 1.807) is 18.2 Å². The summed E-state index contributed by atoms with van der Waals surface area (Å²) in [5, 5.41) is 2.41. The maximum absolute atomic E-state index is 12.6. The molecule has 0 unspecified atom stereocenters. The molecular formula is C27H22O4. The molecule has 0 spiro atoms. The van der Waals surface area contributed by atoms with Crippen molar-refractivity contribution in [1.82, 2.24) is 0 Å². The largest absolute Gasteiger partial charge is 0.485 e. The predicted octanol–water partition coefficient (Wildman–Crippen LogP) is 6.28. The van der Waals surface area contributed by atoms with Gasteiger partial charge in [-0.25, -0.2) is 0 Å². The lowest BCUT2D eigenvalue weighted by atomic mass is 9.98. The molecule has 0 aliphatic carbocycles. The van der Waals surface area contributed by atoms with Gasteiger partial charge in [-0.2, -0.15) is 0 Å². The Morgan fingerprint density at radius 3 is 2.42 bits per heavy atom. The molecule has 1 aliphatic rings. The molecule has 0 fully saturated rings. The zero-order valence-corrected chi connectivity index (χ0v) is 17.4. The first-order valence-electron chi connectivity index (χ1n) is 10.2. The van der Waals surface area contributed by atoms with Gasteiger partial charge in [0.25, 0.3) is 0 Å². The number of carbonyl (C=O) groups excluding carboxylic acids is 1. The Hall–Kier alpha value is -3.79. The lowest BCUT2D eigenvalue weighted by molar-refractivity contribution is -0.0431. The van der Waals surface area contributed by atoms with Gasteiger partial charge in [-0.05, 0) is 52.2 Å². The summed E-state index contributed by atoms with van der Waals surface area (Å²) in [4.78, 5) is 12.6. The fraction of sp³-hybridized carbons (Fsp3) is 0.148. The first-order valence-corrected chi connectivity index (χ1v) is 10.2. The average molecular weight is 410 g/mol. The molecule has 0 bridgehead atoms. The molecule has 154 valence electrons. The minimum atomic E-state index is -0.716. The third-order valence-electron chi connectivity index (χ3n) is 5.30. The molecule has 0 amide bonds. The van der Waals surface area contributed by atoms with Crippen molar-refractivity contribution in [1.29, 1.82) is 0 Å². The first-order chi connectivity index (χ1) is 15.0. The van der Waals surface area contributed by atoms with Crippen molar-refractivity contribution >= 4 is 16.6 Å². The van der Waals surface area contributed by atoms with E-state index in [4.69, 9.17) is 14.2 Å². The minimum absolute atomic E-state index is 0.0450. The molecule has 0 aromatic heterocycles. The Morgan fingerprint density at radius 1 is 0.839 bits per heavy atom. The van der Waals surface area contributed by atoms with Gasteiger partial charge in [0.05, 0.1) is 0 Å². The SMILES string of the molecule is CC1(C)Oc2ccc(C(=O)COc3ccc(-c4cccc5ccccc45)cc3)cc2O1. The molecule has 4 aromatic rings. The van der Waals surface area contributed by atoms with E-state index in [1.807, 2.05) is 50.2 Å². The zero-order valence-electron chi connectivity index (χ0n) is 17.4. The fourth-order valence-corrected chi connectivity index (χ4v) is 3.84. The summed E-state index contributed by atoms with van der Waals surface area (Å²) in [5.74, 6) is 1.04. The molecule has 0 saturated heterocycles. The predicted molar refractivity (Wildman–Crippen MR) is 121 cm³/mol. The van der Waals surface area contributed by atoms with Gasteiger partial charge in [0.1, 0.15) is 5.75 Å². The summed E-state index contributed by atoms with van der Waals surface area (Å²) in [6.07, 6.45) is 0. The third kappa shape index (κ3) is 3.84. The zero-order chi connectivity index (χ0) is 21.4. The van der Waals surface area contributed by atoms with Gasteiger partial charge in [-0.1, -0.05) is 54.6 Å². The summed E-state index contributed by atoms with van der Waals surface area (Å²) in [6, 6.07) is 27.6. The summed E-state index contributed by atoms with van der Waals surface area (Å²) in [7, 11) is 0. The highest BCUT2D eigenvalue weighted by molar-refractivity contribution is 5.98. The minimum Gasteiger partial charge on any atom is -0.485 e. The van der Waals surface area contributed by atoms with Crippen LogP contribution in [0.25, 0.3) is 21.9 Å². The molecular weight excluding hydrogens is 388 g/mol. The fourth-order valence-electron chi connectivity index (χ4n) is 3.84. The van der Waals surface area contributed by atoms with E-state index in [-0.39, 0.29) is 12.4 Å². The van der Waals surface area contributed by atoms with Crippen LogP contribution in [-0.4, -0.2) is 18.2 Å². The van der Waals surface area contributed by atoms with Crippen LogP contribution in [0.15, 0.2) is 84.9 Å². The molecule has 0 N–H and O–H groups in total. The van der Waals surface area contributed by atoms with Gasteiger partial charge in [0.2, 0.25) is 5.79 Å². The standard InChI is InChI=1S/C27H22O4/c1-27(2)30-25-15-12-20(16-26(25)31-27)24(28)17-29-21-13-10-19(11-14-21)23-9-5-7-18-6-3-4-8-22(18)23/h3-16H,17H2,1-2H3. The Kier molecular flexibility index (Phi) is 4.63. The van der Waals surface area contributed by atoms with Gasteiger partial charge in [-0.3, -0.25) is 4.79 Å². The van der Waals surface area contributed by atoms with E-state index < -0.39 is 5.79 Å². The number of rotatable bonds is 5. The second-order valence-corrected chi connectivity index (χ2v) is 8.03. The number of ketones is 1. The second-order valence-electron chi connectivity index (χ2n) is 8.03. The summed E-state index contributed by atoms with van der Waals surface area (Å²) >= 11 is 0. The van der Waals surface area contributed by atoms with Crippen molar-refractivity contribution in [3.05, 3.63) is 90.5 Å². The maximum Gasteiger partial charge on any atom is 0.246 e. The normalized spacial score (nSPS) is 13.9. The summed E-state index contributed by atoms with van der Waals surface area (Å²) in [5.41, 5.74) is 2.81. The lowest BCUT2D eigenvalue weighted by Gasteiger charge is -2.16. The van der Waals surface area contributed by atoms with Crippen LogP contribution in [0.1, 0.15) is 24.2 Å². The van der Waals surface area contributed by atoms with E-state index in [2.05, 4.69) is 30.3 Å². The number of hydrogen-bond acceptors (Lipinski definition) is 4. The second kappa shape index (κ2) is 7.47. The van der Waals surface area contributed by atoms with Crippen LogP contribution in [0.3, 0.4) is 0 Å². The molecule has 4 heteroatoms. The van der Waals surface area contributed by atoms with Crippen LogP contribution in [0.4, 0.5) is 0 Å². The number of fused-ring (bicyclic) bond motifs is 2. The summed E-state index contributed by atoms with van der Waals surface area (Å²) < 4.78 is 17.1. The molecule has 0 radical (unpaired) electrons. The van der Waals surface area contributed by atoms with Crippen LogP contribution in [0.2, 0.25) is 0 Å². The highest BCUT2D eigenvalue weighted by Gasteiger charge is 2.32. The molecule has 4 aromatic carbocycles. The van der Waals surface area contributed by atoms with Gasteiger partial charge in [0, 0.05) is 19.4 Å². The monoisotopic (exact) mass is 410 g/mol.